The minimum atomic E-state index is -0.825. The Bertz CT molecular complexity index is 731. The van der Waals surface area contributed by atoms with Crippen molar-refractivity contribution >= 4 is 29.3 Å². The van der Waals surface area contributed by atoms with Crippen molar-refractivity contribution in [2.24, 2.45) is 0 Å². The first-order valence-corrected chi connectivity index (χ1v) is 9.62. The first-order chi connectivity index (χ1) is 12.6. The first kappa shape index (κ1) is 19.8. The number of aliphatic carboxylic acids is 1. The van der Waals surface area contributed by atoms with Crippen LogP contribution in [0.3, 0.4) is 0 Å². The standard InChI is InChI=1S/C20H23NO4S/c1-2-25-18-9-6-15(7-10-18)8-11-19(22)21-17-5-3-4-16(12-17)13-26-14-20(23)24/h3-7,9-10,12H,2,8,11,13-14H2,1H3,(H,21,22)(H,23,24). The highest BCUT2D eigenvalue weighted by molar-refractivity contribution is 7.99. The fraction of sp³-hybridized carbons (Fsp3) is 0.300. The summed E-state index contributed by atoms with van der Waals surface area (Å²) in [7, 11) is 0. The molecule has 6 heteroatoms. The molecule has 0 saturated heterocycles. The van der Waals surface area contributed by atoms with Crippen molar-refractivity contribution in [2.45, 2.75) is 25.5 Å². The van der Waals surface area contributed by atoms with Crippen LogP contribution < -0.4 is 10.1 Å². The van der Waals surface area contributed by atoms with Gasteiger partial charge in [0.25, 0.3) is 0 Å². The number of aryl methyl sites for hydroxylation is 1. The van der Waals surface area contributed by atoms with E-state index in [1.165, 1.54) is 11.8 Å². The number of thioether (sulfide) groups is 1. The van der Waals surface area contributed by atoms with E-state index in [2.05, 4.69) is 5.32 Å². The van der Waals surface area contributed by atoms with E-state index >= 15 is 0 Å². The monoisotopic (exact) mass is 373 g/mol. The smallest absolute Gasteiger partial charge is 0.313 e. The summed E-state index contributed by atoms with van der Waals surface area (Å²) in [5, 5.41) is 11.6. The number of carbonyl (C=O) groups is 2. The number of nitrogens with one attached hydrogen (secondary N) is 1. The van der Waals surface area contributed by atoms with Crippen LogP contribution in [0, 0.1) is 0 Å². The molecule has 0 aliphatic rings. The summed E-state index contributed by atoms with van der Waals surface area (Å²) >= 11 is 1.33. The number of hydrogen-bond acceptors (Lipinski definition) is 4. The molecule has 0 aliphatic heterocycles. The van der Waals surface area contributed by atoms with Crippen LogP contribution in [0.5, 0.6) is 5.75 Å². The molecule has 1 amide bonds. The lowest BCUT2D eigenvalue weighted by molar-refractivity contribution is -0.133. The molecular formula is C20H23NO4S. The highest BCUT2D eigenvalue weighted by atomic mass is 32.2. The minimum absolute atomic E-state index is 0.0470. The second-order valence-electron chi connectivity index (χ2n) is 5.71. The van der Waals surface area contributed by atoms with E-state index < -0.39 is 5.97 Å². The van der Waals surface area contributed by atoms with Crippen molar-refractivity contribution in [2.75, 3.05) is 17.7 Å². The number of hydrogen-bond donors (Lipinski definition) is 2. The minimum Gasteiger partial charge on any atom is -0.494 e. The van der Waals surface area contributed by atoms with Gasteiger partial charge in [-0.25, -0.2) is 0 Å². The molecule has 0 fully saturated rings. The maximum atomic E-state index is 12.2. The second-order valence-corrected chi connectivity index (χ2v) is 6.70. The maximum Gasteiger partial charge on any atom is 0.313 e. The number of anilines is 1. The van der Waals surface area contributed by atoms with Crippen molar-refractivity contribution in [3.63, 3.8) is 0 Å². The zero-order valence-corrected chi connectivity index (χ0v) is 15.6. The zero-order valence-electron chi connectivity index (χ0n) is 14.7. The summed E-state index contributed by atoms with van der Waals surface area (Å²) in [6.45, 7) is 2.58. The van der Waals surface area contributed by atoms with Gasteiger partial charge in [0.1, 0.15) is 5.75 Å². The Morgan fingerprint density at radius 2 is 1.88 bits per heavy atom. The molecule has 0 heterocycles. The van der Waals surface area contributed by atoms with E-state index in [1.54, 1.807) is 0 Å². The Labute approximate surface area is 157 Å². The number of carbonyl (C=O) groups excluding carboxylic acids is 1. The molecule has 138 valence electrons. The van der Waals surface area contributed by atoms with Gasteiger partial charge in [-0.2, -0.15) is 0 Å². The summed E-state index contributed by atoms with van der Waals surface area (Å²) in [6, 6.07) is 15.3. The van der Waals surface area contributed by atoms with Crippen LogP contribution in [0.1, 0.15) is 24.5 Å². The van der Waals surface area contributed by atoms with E-state index in [1.807, 2.05) is 55.5 Å². The van der Waals surface area contributed by atoms with Gasteiger partial charge >= 0.3 is 5.97 Å². The van der Waals surface area contributed by atoms with Gasteiger partial charge in [0, 0.05) is 17.9 Å². The SMILES string of the molecule is CCOc1ccc(CCC(=O)Nc2cccc(CSCC(=O)O)c2)cc1. The number of ether oxygens (including phenoxy) is 1. The predicted octanol–water partition coefficient (Wildman–Crippen LogP) is 3.97. The van der Waals surface area contributed by atoms with Crippen LogP contribution in [0.15, 0.2) is 48.5 Å². The van der Waals surface area contributed by atoms with Crippen LogP contribution >= 0.6 is 11.8 Å². The molecule has 0 aromatic heterocycles. The average molecular weight is 373 g/mol. The van der Waals surface area contributed by atoms with Crippen molar-refractivity contribution in [1.29, 1.82) is 0 Å². The topological polar surface area (TPSA) is 75.6 Å². The Morgan fingerprint density at radius 1 is 1.12 bits per heavy atom. The predicted molar refractivity (Wildman–Crippen MR) is 105 cm³/mol. The second kappa shape index (κ2) is 10.5. The van der Waals surface area contributed by atoms with Gasteiger partial charge in [-0.3, -0.25) is 9.59 Å². The van der Waals surface area contributed by atoms with Gasteiger partial charge in [0.05, 0.1) is 12.4 Å². The fourth-order valence-electron chi connectivity index (χ4n) is 2.40. The van der Waals surface area contributed by atoms with Crippen molar-refractivity contribution < 1.29 is 19.4 Å². The summed E-state index contributed by atoms with van der Waals surface area (Å²) in [4.78, 5) is 22.7. The third-order valence-corrected chi connectivity index (χ3v) is 4.57. The Balaban J connectivity index is 1.80. The molecular weight excluding hydrogens is 350 g/mol. The van der Waals surface area contributed by atoms with Crippen LogP contribution in [0.2, 0.25) is 0 Å². The lowest BCUT2D eigenvalue weighted by atomic mass is 10.1. The number of carboxylic acids is 1. The zero-order chi connectivity index (χ0) is 18.8. The lowest BCUT2D eigenvalue weighted by Crippen LogP contribution is -2.12. The van der Waals surface area contributed by atoms with E-state index in [0.29, 0.717) is 25.2 Å². The van der Waals surface area contributed by atoms with Gasteiger partial charge in [-0.1, -0.05) is 24.3 Å². The van der Waals surface area contributed by atoms with E-state index in [-0.39, 0.29) is 11.7 Å². The number of rotatable bonds is 10. The highest BCUT2D eigenvalue weighted by Crippen LogP contribution is 2.17. The van der Waals surface area contributed by atoms with E-state index in [4.69, 9.17) is 9.84 Å². The molecule has 0 bridgehead atoms. The van der Waals surface area contributed by atoms with E-state index in [9.17, 15) is 9.59 Å². The number of carboxylic acid groups (broad SMARTS) is 1. The molecule has 0 saturated carbocycles. The largest absolute Gasteiger partial charge is 0.494 e. The Morgan fingerprint density at radius 3 is 2.58 bits per heavy atom. The summed E-state index contributed by atoms with van der Waals surface area (Å²) in [5.41, 5.74) is 2.80. The van der Waals surface area contributed by atoms with Gasteiger partial charge in [-0.15, -0.1) is 11.8 Å². The third kappa shape index (κ3) is 7.19. The summed E-state index contributed by atoms with van der Waals surface area (Å²) in [6.07, 6.45) is 1.05. The third-order valence-electron chi connectivity index (χ3n) is 3.58. The molecule has 0 spiro atoms. The number of benzene rings is 2. The van der Waals surface area contributed by atoms with Gasteiger partial charge in [0.15, 0.2) is 0 Å². The first-order valence-electron chi connectivity index (χ1n) is 8.47. The molecule has 0 aliphatic carbocycles. The van der Waals surface area contributed by atoms with Crippen molar-refractivity contribution in [3.05, 3.63) is 59.7 Å². The Kier molecular flexibility index (Phi) is 8.02. The highest BCUT2D eigenvalue weighted by Gasteiger charge is 2.05. The van der Waals surface area contributed by atoms with Gasteiger partial charge < -0.3 is 15.2 Å². The molecule has 26 heavy (non-hydrogen) atoms. The number of amides is 1. The van der Waals surface area contributed by atoms with Crippen LogP contribution in [-0.2, 0) is 21.8 Å². The molecule has 0 radical (unpaired) electrons. The van der Waals surface area contributed by atoms with Gasteiger partial charge in [-0.05, 0) is 48.7 Å². The summed E-state index contributed by atoms with van der Waals surface area (Å²) in [5.74, 6) is 0.627. The van der Waals surface area contributed by atoms with Gasteiger partial charge in [0.2, 0.25) is 5.91 Å². The Hall–Kier alpha value is -2.47. The quantitative estimate of drug-likeness (QED) is 0.659. The van der Waals surface area contributed by atoms with E-state index in [0.717, 1.165) is 22.6 Å². The van der Waals surface area contributed by atoms with Crippen LogP contribution in [0.25, 0.3) is 0 Å². The summed E-state index contributed by atoms with van der Waals surface area (Å²) < 4.78 is 5.40. The molecule has 5 nitrogen and oxygen atoms in total. The maximum absolute atomic E-state index is 12.2. The molecule has 2 rings (SSSR count). The molecule has 0 atom stereocenters. The van der Waals surface area contributed by atoms with Crippen molar-refractivity contribution in [1.82, 2.24) is 0 Å². The van der Waals surface area contributed by atoms with Crippen LogP contribution in [-0.4, -0.2) is 29.3 Å². The average Bonchev–Trinajstić information content (AvgIpc) is 2.61. The van der Waals surface area contributed by atoms with Crippen molar-refractivity contribution in [3.8, 4) is 5.75 Å². The molecule has 2 aromatic carbocycles. The molecule has 2 aromatic rings. The fourth-order valence-corrected chi connectivity index (χ4v) is 3.09. The van der Waals surface area contributed by atoms with Crippen LogP contribution in [0.4, 0.5) is 5.69 Å². The lowest BCUT2D eigenvalue weighted by Gasteiger charge is -2.08. The molecule has 0 unspecified atom stereocenters. The normalized spacial score (nSPS) is 10.3. The molecule has 2 N–H and O–H groups in total.